The number of carboxylic acid groups (broad SMARTS) is 1. The molecule has 2 heterocycles. The fraction of sp³-hybridized carbons (Fsp3) is 0.833. The predicted molar refractivity (Wildman–Crippen MR) is 62.3 cm³/mol. The van der Waals surface area contributed by atoms with Crippen molar-refractivity contribution in [3.63, 3.8) is 0 Å². The summed E-state index contributed by atoms with van der Waals surface area (Å²) in [5.74, 6) is -0.973. The summed E-state index contributed by atoms with van der Waals surface area (Å²) in [5, 5.41) is 9.43. The smallest absolute Gasteiger partial charge is 0.411 e. The number of hydrogen-bond acceptors (Lipinski definition) is 4. The number of rotatable bonds is 1. The molecule has 0 spiro atoms. The highest BCUT2D eigenvalue weighted by molar-refractivity contribution is 5.85. The maximum absolute atomic E-state index is 12.1. The second-order valence-corrected chi connectivity index (χ2v) is 5.87. The first kappa shape index (κ1) is 13.1. The minimum absolute atomic E-state index is 0.192. The van der Waals surface area contributed by atoms with Gasteiger partial charge in [0.1, 0.15) is 11.1 Å². The summed E-state index contributed by atoms with van der Waals surface area (Å²) >= 11 is 0. The molecule has 6 nitrogen and oxygen atoms in total. The van der Waals surface area contributed by atoms with Gasteiger partial charge in [-0.2, -0.15) is 0 Å². The quantitative estimate of drug-likeness (QED) is 0.764. The van der Waals surface area contributed by atoms with Crippen molar-refractivity contribution < 1.29 is 24.2 Å². The number of hydrogen-bond donors (Lipinski definition) is 1. The van der Waals surface area contributed by atoms with Crippen LogP contribution in [-0.4, -0.2) is 52.5 Å². The van der Waals surface area contributed by atoms with Crippen molar-refractivity contribution >= 4 is 12.1 Å². The number of carbonyl (C=O) groups excluding carboxylic acids is 1. The standard InChI is InChI=1S/C12H19NO5/c1-11(2,3)18-10(16)13-7-8-6-12(13,9(14)15)4-5-17-8/h8H,4-7H2,1-3H3,(H,14,15)/t8-,12+/m1/s1. The zero-order chi connectivity index (χ0) is 13.6. The monoisotopic (exact) mass is 257 g/mol. The summed E-state index contributed by atoms with van der Waals surface area (Å²) in [4.78, 5) is 24.9. The van der Waals surface area contributed by atoms with Gasteiger partial charge in [-0.15, -0.1) is 0 Å². The zero-order valence-corrected chi connectivity index (χ0v) is 10.9. The van der Waals surface area contributed by atoms with Crippen LogP contribution >= 0.6 is 0 Å². The number of likely N-dealkylation sites (tertiary alicyclic amines) is 1. The summed E-state index contributed by atoms with van der Waals surface area (Å²) in [6, 6.07) is 0. The van der Waals surface area contributed by atoms with Gasteiger partial charge in [-0.05, 0) is 20.8 Å². The first-order chi connectivity index (χ1) is 8.24. The van der Waals surface area contributed by atoms with Crippen molar-refractivity contribution in [3.8, 4) is 0 Å². The van der Waals surface area contributed by atoms with Crippen molar-refractivity contribution in [3.05, 3.63) is 0 Å². The van der Waals surface area contributed by atoms with Crippen LogP contribution in [0.25, 0.3) is 0 Å². The number of ether oxygens (including phenoxy) is 2. The molecule has 6 heteroatoms. The Hall–Kier alpha value is -1.30. The fourth-order valence-electron chi connectivity index (χ4n) is 2.55. The van der Waals surface area contributed by atoms with E-state index in [1.165, 1.54) is 4.90 Å². The number of nitrogens with zero attached hydrogens (tertiary/aromatic N) is 1. The normalized spacial score (nSPS) is 31.3. The molecular formula is C12H19NO5. The van der Waals surface area contributed by atoms with Crippen LogP contribution in [-0.2, 0) is 14.3 Å². The van der Waals surface area contributed by atoms with Crippen molar-refractivity contribution in [1.29, 1.82) is 0 Å². The molecule has 2 saturated heterocycles. The van der Waals surface area contributed by atoms with Gasteiger partial charge in [0.25, 0.3) is 0 Å². The molecule has 2 fully saturated rings. The van der Waals surface area contributed by atoms with E-state index in [9.17, 15) is 14.7 Å². The number of fused-ring (bicyclic) bond motifs is 2. The van der Waals surface area contributed by atoms with E-state index in [0.717, 1.165) is 0 Å². The third-order valence-corrected chi connectivity index (χ3v) is 3.35. The van der Waals surface area contributed by atoms with Crippen LogP contribution in [0.1, 0.15) is 33.6 Å². The molecule has 0 saturated carbocycles. The van der Waals surface area contributed by atoms with Gasteiger partial charge >= 0.3 is 12.1 Å². The van der Waals surface area contributed by atoms with Crippen LogP contribution in [0.15, 0.2) is 0 Å². The molecule has 2 aliphatic rings. The lowest BCUT2D eigenvalue weighted by Crippen LogP contribution is -2.54. The molecule has 0 aromatic carbocycles. The molecule has 102 valence electrons. The summed E-state index contributed by atoms with van der Waals surface area (Å²) in [6.07, 6.45) is -0.0973. The SMILES string of the molecule is CC(C)(C)OC(=O)N1C[C@H]2C[C@]1(C(=O)O)CCO2. The fourth-order valence-corrected chi connectivity index (χ4v) is 2.55. The average molecular weight is 257 g/mol. The second kappa shape index (κ2) is 4.12. The first-order valence-corrected chi connectivity index (χ1v) is 6.10. The lowest BCUT2D eigenvalue weighted by Gasteiger charge is -2.35. The minimum Gasteiger partial charge on any atom is -0.479 e. The van der Waals surface area contributed by atoms with E-state index in [1.807, 2.05) is 0 Å². The molecule has 0 aromatic rings. The Labute approximate surface area is 106 Å². The molecule has 2 bridgehead atoms. The van der Waals surface area contributed by atoms with Gasteiger partial charge in [0.05, 0.1) is 12.6 Å². The van der Waals surface area contributed by atoms with Gasteiger partial charge in [0.2, 0.25) is 0 Å². The highest BCUT2D eigenvalue weighted by atomic mass is 16.6. The molecular weight excluding hydrogens is 238 g/mol. The third kappa shape index (κ3) is 2.16. The van der Waals surface area contributed by atoms with Crippen molar-refractivity contribution in [2.45, 2.75) is 50.9 Å². The maximum Gasteiger partial charge on any atom is 0.411 e. The lowest BCUT2D eigenvalue weighted by molar-refractivity contribution is -0.152. The van der Waals surface area contributed by atoms with Crippen molar-refractivity contribution in [2.24, 2.45) is 0 Å². The van der Waals surface area contributed by atoms with Crippen LogP contribution in [0.3, 0.4) is 0 Å². The van der Waals surface area contributed by atoms with Gasteiger partial charge in [-0.25, -0.2) is 9.59 Å². The summed E-state index contributed by atoms with van der Waals surface area (Å²) in [5.41, 5.74) is -1.78. The number of carbonyl (C=O) groups is 2. The van der Waals surface area contributed by atoms with Crippen molar-refractivity contribution in [1.82, 2.24) is 4.90 Å². The second-order valence-electron chi connectivity index (χ2n) is 5.87. The summed E-state index contributed by atoms with van der Waals surface area (Å²) in [6.45, 7) is 5.95. The van der Waals surface area contributed by atoms with Crippen LogP contribution < -0.4 is 0 Å². The maximum atomic E-state index is 12.1. The molecule has 2 aliphatic heterocycles. The lowest BCUT2D eigenvalue weighted by atomic mass is 9.90. The molecule has 0 radical (unpaired) electrons. The van der Waals surface area contributed by atoms with Crippen molar-refractivity contribution in [2.75, 3.05) is 13.2 Å². The molecule has 1 N–H and O–H groups in total. The summed E-state index contributed by atoms with van der Waals surface area (Å²) < 4.78 is 10.7. The van der Waals surface area contributed by atoms with E-state index in [4.69, 9.17) is 9.47 Å². The van der Waals surface area contributed by atoms with Crippen LogP contribution in [0.2, 0.25) is 0 Å². The van der Waals surface area contributed by atoms with E-state index in [1.54, 1.807) is 20.8 Å². The highest BCUT2D eigenvalue weighted by Crippen LogP contribution is 2.39. The van der Waals surface area contributed by atoms with Gasteiger partial charge in [-0.3, -0.25) is 4.90 Å². The van der Waals surface area contributed by atoms with E-state index in [0.29, 0.717) is 26.0 Å². The molecule has 0 aliphatic carbocycles. The first-order valence-electron chi connectivity index (χ1n) is 6.10. The van der Waals surface area contributed by atoms with E-state index < -0.39 is 23.2 Å². The van der Waals surface area contributed by atoms with Gasteiger partial charge in [0.15, 0.2) is 0 Å². The Morgan fingerprint density at radius 2 is 2.11 bits per heavy atom. The molecule has 1 amide bonds. The van der Waals surface area contributed by atoms with Crippen LogP contribution in [0.5, 0.6) is 0 Å². The van der Waals surface area contributed by atoms with E-state index in [-0.39, 0.29) is 6.10 Å². The van der Waals surface area contributed by atoms with Gasteiger partial charge < -0.3 is 14.6 Å². The van der Waals surface area contributed by atoms with Gasteiger partial charge in [0, 0.05) is 19.4 Å². The Morgan fingerprint density at radius 3 is 2.67 bits per heavy atom. The molecule has 2 rings (SSSR count). The predicted octanol–water partition coefficient (Wildman–Crippen LogP) is 1.24. The molecule has 0 unspecified atom stereocenters. The molecule has 0 aromatic heterocycles. The third-order valence-electron chi connectivity index (χ3n) is 3.35. The average Bonchev–Trinajstić information content (AvgIpc) is 2.49. The number of aliphatic carboxylic acids is 1. The number of amides is 1. The zero-order valence-electron chi connectivity index (χ0n) is 10.9. The highest BCUT2D eigenvalue weighted by Gasteiger charge is 2.57. The topological polar surface area (TPSA) is 76.1 Å². The van der Waals surface area contributed by atoms with Crippen LogP contribution in [0, 0.1) is 0 Å². The largest absolute Gasteiger partial charge is 0.479 e. The molecule has 2 atom stereocenters. The minimum atomic E-state index is -1.15. The summed E-state index contributed by atoms with van der Waals surface area (Å²) in [7, 11) is 0. The Bertz CT molecular complexity index is 375. The Morgan fingerprint density at radius 1 is 1.44 bits per heavy atom. The molecule has 18 heavy (non-hydrogen) atoms. The Kier molecular flexibility index (Phi) is 3.01. The van der Waals surface area contributed by atoms with Gasteiger partial charge in [-0.1, -0.05) is 0 Å². The van der Waals surface area contributed by atoms with Crippen LogP contribution in [0.4, 0.5) is 4.79 Å². The van der Waals surface area contributed by atoms with E-state index >= 15 is 0 Å². The van der Waals surface area contributed by atoms with E-state index in [2.05, 4.69) is 0 Å². The number of carboxylic acids is 1. The Balaban J connectivity index is 2.21.